The summed E-state index contributed by atoms with van der Waals surface area (Å²) in [4.78, 5) is 11.3. The van der Waals surface area contributed by atoms with Gasteiger partial charge in [-0.3, -0.25) is 10.5 Å². The zero-order chi connectivity index (χ0) is 14.5. The maximum Gasteiger partial charge on any atom is 0.333 e. The summed E-state index contributed by atoms with van der Waals surface area (Å²) < 4.78 is 13.9. The Bertz CT molecular complexity index is 642. The highest BCUT2D eigenvalue weighted by molar-refractivity contribution is 9.10. The number of hydrogen-bond donors (Lipinski definition) is 4. The van der Waals surface area contributed by atoms with Gasteiger partial charge in [0.1, 0.15) is 5.82 Å². The molecule has 20 heavy (non-hydrogen) atoms. The van der Waals surface area contributed by atoms with Crippen molar-refractivity contribution >= 4 is 39.8 Å². The van der Waals surface area contributed by atoms with Gasteiger partial charge in [-0.2, -0.15) is 5.10 Å². The van der Waals surface area contributed by atoms with Crippen LogP contribution in [0.15, 0.2) is 28.9 Å². The first-order valence-corrected chi connectivity index (χ1v) is 6.33. The Labute approximate surface area is 122 Å². The lowest BCUT2D eigenvalue weighted by molar-refractivity contribution is 0.252. The summed E-state index contributed by atoms with van der Waals surface area (Å²) in [7, 11) is 0. The lowest BCUT2D eigenvalue weighted by atomic mass is 10.1. The molecule has 2 aromatic rings. The zero-order valence-corrected chi connectivity index (χ0v) is 11.7. The van der Waals surface area contributed by atoms with Gasteiger partial charge in [0.15, 0.2) is 0 Å². The molecule has 1 heterocycles. The molecule has 8 heteroatoms. The number of urea groups is 1. The number of aromatic amines is 1. The van der Waals surface area contributed by atoms with Crippen molar-refractivity contribution in [1.29, 1.82) is 0 Å². The van der Waals surface area contributed by atoms with Gasteiger partial charge in [-0.1, -0.05) is 0 Å². The van der Waals surface area contributed by atoms with Crippen LogP contribution in [0, 0.1) is 5.82 Å². The molecule has 0 unspecified atom stereocenters. The van der Waals surface area contributed by atoms with Crippen molar-refractivity contribution in [1.82, 2.24) is 15.6 Å². The summed E-state index contributed by atoms with van der Waals surface area (Å²) >= 11 is 3.25. The lowest BCUT2D eigenvalue weighted by Crippen LogP contribution is -2.34. The minimum atomic E-state index is -0.640. The largest absolute Gasteiger partial charge is 0.333 e. The second-order valence-corrected chi connectivity index (χ2v) is 4.65. The average Bonchev–Trinajstić information content (AvgIpc) is 2.90. The lowest BCUT2D eigenvalue weighted by Gasteiger charge is -2.10. The fraction of sp³-hybridized carbons (Fsp3) is 0. The van der Waals surface area contributed by atoms with Gasteiger partial charge in [0.05, 0.1) is 11.4 Å². The van der Waals surface area contributed by atoms with E-state index in [2.05, 4.69) is 31.4 Å². The highest BCUT2D eigenvalue weighted by atomic mass is 79.9. The third kappa shape index (κ3) is 3.43. The molecule has 1 aromatic heterocycles. The zero-order valence-electron chi connectivity index (χ0n) is 10.2. The third-order valence-electron chi connectivity index (χ3n) is 2.43. The highest BCUT2D eigenvalue weighted by Crippen LogP contribution is 2.28. The maximum atomic E-state index is 13.4. The van der Waals surface area contributed by atoms with E-state index in [9.17, 15) is 9.18 Å². The van der Waals surface area contributed by atoms with Crippen molar-refractivity contribution in [2.45, 2.75) is 0 Å². The van der Waals surface area contributed by atoms with Crippen molar-refractivity contribution in [3.8, 4) is 0 Å². The van der Waals surface area contributed by atoms with Gasteiger partial charge in [-0.15, -0.1) is 0 Å². The van der Waals surface area contributed by atoms with E-state index in [-0.39, 0.29) is 5.69 Å². The average molecular weight is 340 g/mol. The highest BCUT2D eigenvalue weighted by Gasteiger charge is 2.09. The molecule has 6 nitrogen and oxygen atoms in total. The van der Waals surface area contributed by atoms with Crippen molar-refractivity contribution < 1.29 is 9.18 Å². The van der Waals surface area contributed by atoms with Crippen LogP contribution < -0.4 is 16.6 Å². The molecule has 0 spiro atoms. The van der Waals surface area contributed by atoms with E-state index in [0.717, 1.165) is 5.69 Å². The Morgan fingerprint density at radius 2 is 2.25 bits per heavy atom. The van der Waals surface area contributed by atoms with E-state index in [4.69, 9.17) is 5.84 Å². The van der Waals surface area contributed by atoms with Gasteiger partial charge >= 0.3 is 6.03 Å². The molecule has 104 valence electrons. The van der Waals surface area contributed by atoms with Crippen molar-refractivity contribution in [3.05, 3.63) is 45.9 Å². The maximum absolute atomic E-state index is 13.4. The standard InChI is InChI=1S/C12H11BrFN5O/c13-10-5-7(14)6-11(17-12(20)18-15)9(10)2-1-8-3-4-16-19-8/h1-6H,15H2,(H,16,19)(H2,17,18,20)/b2-1+. The second kappa shape index (κ2) is 6.31. The molecule has 0 fully saturated rings. The number of nitrogens with two attached hydrogens (primary N) is 1. The number of amides is 2. The quantitative estimate of drug-likeness (QED) is 0.393. The SMILES string of the molecule is NNC(=O)Nc1cc(F)cc(Br)c1/C=C/c1ccn[nH]1. The van der Waals surface area contributed by atoms with Crippen LogP contribution in [0.2, 0.25) is 0 Å². The second-order valence-electron chi connectivity index (χ2n) is 3.79. The molecule has 0 saturated heterocycles. The van der Waals surface area contributed by atoms with Gasteiger partial charge in [0.2, 0.25) is 0 Å². The van der Waals surface area contributed by atoms with Crippen molar-refractivity contribution in [2.24, 2.45) is 5.84 Å². The van der Waals surface area contributed by atoms with E-state index in [0.29, 0.717) is 10.0 Å². The molecule has 2 rings (SSSR count). The van der Waals surface area contributed by atoms with Gasteiger partial charge < -0.3 is 5.32 Å². The van der Waals surface area contributed by atoms with E-state index < -0.39 is 11.8 Å². The number of hydrazine groups is 1. The first-order valence-electron chi connectivity index (χ1n) is 5.54. The summed E-state index contributed by atoms with van der Waals surface area (Å²) in [6.07, 6.45) is 5.07. The molecule has 0 radical (unpaired) electrons. The number of aromatic nitrogens is 2. The van der Waals surface area contributed by atoms with Gasteiger partial charge in [-0.05, 0) is 46.3 Å². The van der Waals surface area contributed by atoms with Crippen LogP contribution in [0.4, 0.5) is 14.9 Å². The molecular weight excluding hydrogens is 329 g/mol. The summed E-state index contributed by atoms with van der Waals surface area (Å²) in [6.45, 7) is 0. The van der Waals surface area contributed by atoms with E-state index in [1.807, 2.05) is 5.43 Å². The number of carbonyl (C=O) groups is 1. The minimum Gasteiger partial charge on any atom is -0.306 e. The number of nitrogens with zero attached hydrogens (tertiary/aromatic N) is 1. The predicted octanol–water partition coefficient (Wildman–Crippen LogP) is 2.48. The number of rotatable bonds is 3. The molecule has 5 N–H and O–H groups in total. The molecule has 0 saturated carbocycles. The number of hydrogen-bond acceptors (Lipinski definition) is 3. The number of anilines is 1. The van der Waals surface area contributed by atoms with Crippen LogP contribution in [0.3, 0.4) is 0 Å². The van der Waals surface area contributed by atoms with E-state index in [1.54, 1.807) is 24.4 Å². The van der Waals surface area contributed by atoms with Gasteiger partial charge in [0, 0.05) is 16.2 Å². The van der Waals surface area contributed by atoms with Gasteiger partial charge in [0.25, 0.3) is 0 Å². The normalized spacial score (nSPS) is 10.8. The number of halogens is 2. The monoisotopic (exact) mass is 339 g/mol. The molecule has 0 aliphatic carbocycles. The molecule has 0 aliphatic heterocycles. The molecular formula is C12H11BrFN5O. The van der Waals surface area contributed by atoms with Crippen LogP contribution in [-0.4, -0.2) is 16.2 Å². The number of benzene rings is 1. The third-order valence-corrected chi connectivity index (χ3v) is 3.08. The summed E-state index contributed by atoms with van der Waals surface area (Å²) in [5.74, 6) is 4.51. The molecule has 0 bridgehead atoms. The van der Waals surface area contributed by atoms with Crippen LogP contribution in [-0.2, 0) is 0 Å². The minimum absolute atomic E-state index is 0.288. The Hall–Kier alpha value is -2.19. The molecule has 0 aliphatic rings. The van der Waals surface area contributed by atoms with Gasteiger partial charge in [-0.25, -0.2) is 15.0 Å². The first kappa shape index (κ1) is 14.2. The van der Waals surface area contributed by atoms with Crippen LogP contribution >= 0.6 is 15.9 Å². The fourth-order valence-corrected chi connectivity index (χ4v) is 2.11. The Kier molecular flexibility index (Phi) is 4.49. The Morgan fingerprint density at radius 3 is 2.90 bits per heavy atom. The summed E-state index contributed by atoms with van der Waals surface area (Å²) in [6, 6.07) is 3.64. The summed E-state index contributed by atoms with van der Waals surface area (Å²) in [5, 5.41) is 9.02. The smallest absolute Gasteiger partial charge is 0.306 e. The van der Waals surface area contributed by atoms with Crippen molar-refractivity contribution in [3.63, 3.8) is 0 Å². The Morgan fingerprint density at radius 1 is 1.45 bits per heavy atom. The number of nitrogens with one attached hydrogen (secondary N) is 3. The number of H-pyrrole nitrogens is 1. The first-order chi connectivity index (χ1) is 9.60. The predicted molar refractivity (Wildman–Crippen MR) is 78.0 cm³/mol. The molecule has 0 atom stereocenters. The van der Waals surface area contributed by atoms with Crippen molar-refractivity contribution in [2.75, 3.05) is 5.32 Å². The summed E-state index contributed by atoms with van der Waals surface area (Å²) in [5.41, 5.74) is 3.58. The Balaban J connectivity index is 2.37. The fourth-order valence-electron chi connectivity index (χ4n) is 1.55. The van der Waals surface area contributed by atoms with Crippen LogP contribution in [0.25, 0.3) is 12.2 Å². The van der Waals surface area contributed by atoms with Crippen LogP contribution in [0.1, 0.15) is 11.3 Å². The van der Waals surface area contributed by atoms with E-state index in [1.165, 1.54) is 12.1 Å². The molecule has 1 aromatic carbocycles. The van der Waals surface area contributed by atoms with Crippen LogP contribution in [0.5, 0.6) is 0 Å². The van der Waals surface area contributed by atoms with E-state index >= 15 is 0 Å². The topological polar surface area (TPSA) is 95.8 Å². The molecule has 2 amide bonds. The number of carbonyl (C=O) groups excluding carboxylic acids is 1.